The Morgan fingerprint density at radius 2 is 0.811 bits per heavy atom. The molecule has 4 aromatic carbocycles. The van der Waals surface area contributed by atoms with E-state index in [1.165, 1.54) is 50.1 Å². The van der Waals surface area contributed by atoms with E-state index in [1.807, 2.05) is 34.6 Å². The maximum Gasteiger partial charge on any atom is 0.308 e. The van der Waals surface area contributed by atoms with E-state index in [9.17, 15) is 4.79 Å². The summed E-state index contributed by atoms with van der Waals surface area (Å²) in [7, 11) is 0. The molecule has 0 atom stereocenters. The quantitative estimate of drug-likeness (QED) is 0.265. The van der Waals surface area contributed by atoms with E-state index < -0.39 is 0 Å². The van der Waals surface area contributed by atoms with Gasteiger partial charge in [0.1, 0.15) is 5.60 Å². The Kier molecular flexibility index (Phi) is 9.10. The average Bonchev–Trinajstić information content (AvgIpc) is 2.84. The molecule has 0 bridgehead atoms. The lowest BCUT2D eigenvalue weighted by molar-refractivity contribution is -0.158. The van der Waals surface area contributed by atoms with E-state index in [0.717, 1.165) is 0 Å². The number of carbonyl (C=O) groups excluding carboxylic acids is 1. The smallest absolute Gasteiger partial charge is 0.308 e. The summed E-state index contributed by atoms with van der Waals surface area (Å²) in [6.07, 6.45) is 0. The van der Waals surface area contributed by atoms with Gasteiger partial charge in [-0.1, -0.05) is 103 Å². The summed E-state index contributed by atoms with van der Waals surface area (Å²) in [5, 5.41) is 0. The van der Waals surface area contributed by atoms with Gasteiger partial charge in [0, 0.05) is 0 Å². The van der Waals surface area contributed by atoms with Crippen molar-refractivity contribution in [1.82, 2.24) is 0 Å². The van der Waals surface area contributed by atoms with Crippen LogP contribution in [0, 0.1) is 26.7 Å². The SMILES string of the molecule is CC(C)C(=O)OC(C)(C)C.Cc1ccc(-c2cc(-c3ccc(C)cc3)cc(-c3ccc(C)cc3)c2)cc1. The maximum atomic E-state index is 10.9. The first-order chi connectivity index (χ1) is 17.4. The highest BCUT2D eigenvalue weighted by Gasteiger charge is 2.18. The fourth-order valence-electron chi connectivity index (χ4n) is 3.79. The summed E-state index contributed by atoms with van der Waals surface area (Å²) in [5.74, 6) is -0.160. The van der Waals surface area contributed by atoms with Crippen LogP contribution in [-0.4, -0.2) is 11.6 Å². The van der Waals surface area contributed by atoms with Crippen LogP contribution >= 0.6 is 0 Å². The van der Waals surface area contributed by atoms with Gasteiger partial charge in [0.15, 0.2) is 0 Å². The number of hydrogen-bond donors (Lipinski definition) is 0. The van der Waals surface area contributed by atoms with E-state index in [1.54, 1.807) is 0 Å². The second-order valence-corrected chi connectivity index (χ2v) is 11.1. The number of hydrogen-bond acceptors (Lipinski definition) is 2. The molecule has 0 saturated carbocycles. The lowest BCUT2D eigenvalue weighted by Gasteiger charge is -2.20. The van der Waals surface area contributed by atoms with Gasteiger partial charge in [0.25, 0.3) is 0 Å². The van der Waals surface area contributed by atoms with Crippen LogP contribution in [0.25, 0.3) is 33.4 Å². The van der Waals surface area contributed by atoms with Crippen molar-refractivity contribution >= 4 is 5.97 Å². The van der Waals surface area contributed by atoms with Crippen molar-refractivity contribution in [1.29, 1.82) is 0 Å². The van der Waals surface area contributed by atoms with Crippen LogP contribution in [0.3, 0.4) is 0 Å². The monoisotopic (exact) mass is 492 g/mol. The van der Waals surface area contributed by atoms with Gasteiger partial charge in [0.2, 0.25) is 0 Å². The number of esters is 1. The van der Waals surface area contributed by atoms with Crippen LogP contribution in [0.15, 0.2) is 91.0 Å². The van der Waals surface area contributed by atoms with Gasteiger partial charge in [-0.25, -0.2) is 0 Å². The van der Waals surface area contributed by atoms with E-state index in [4.69, 9.17) is 4.74 Å². The number of carbonyl (C=O) groups is 1. The fourth-order valence-corrected chi connectivity index (χ4v) is 3.79. The molecule has 4 aromatic rings. The minimum absolute atomic E-state index is 0.0285. The topological polar surface area (TPSA) is 26.3 Å². The summed E-state index contributed by atoms with van der Waals surface area (Å²) in [5.41, 5.74) is 11.0. The van der Waals surface area contributed by atoms with Gasteiger partial charge in [-0.05, 0) is 93.1 Å². The molecule has 2 heteroatoms. The average molecular weight is 493 g/mol. The molecule has 0 fully saturated rings. The van der Waals surface area contributed by atoms with Gasteiger partial charge < -0.3 is 4.74 Å². The van der Waals surface area contributed by atoms with Gasteiger partial charge in [0.05, 0.1) is 5.92 Å². The Bertz CT molecular complexity index is 1150. The molecule has 192 valence electrons. The molecule has 0 N–H and O–H groups in total. The standard InChI is InChI=1S/C27H24.C8H16O2/c1-19-4-10-22(11-5-19)25-16-26(23-12-6-20(2)7-13-23)18-27(17-25)24-14-8-21(3)9-15-24;1-6(2)7(9)10-8(3,4)5/h4-18H,1-3H3;6H,1-5H3. The number of aryl methyl sites for hydroxylation is 3. The van der Waals surface area contributed by atoms with Crippen molar-refractivity contribution in [2.75, 3.05) is 0 Å². The van der Waals surface area contributed by atoms with E-state index in [0.29, 0.717) is 0 Å². The third kappa shape index (κ3) is 8.46. The van der Waals surface area contributed by atoms with Crippen molar-refractivity contribution in [3.8, 4) is 33.4 Å². The highest BCUT2D eigenvalue weighted by molar-refractivity contribution is 5.81. The normalized spacial score (nSPS) is 11.1. The maximum absolute atomic E-state index is 10.9. The Hall–Kier alpha value is -3.65. The Balaban J connectivity index is 0.000000325. The third-order valence-corrected chi connectivity index (χ3v) is 5.97. The largest absolute Gasteiger partial charge is 0.460 e. The lowest BCUT2D eigenvalue weighted by atomic mass is 9.92. The Labute approximate surface area is 223 Å². The van der Waals surface area contributed by atoms with E-state index >= 15 is 0 Å². The third-order valence-electron chi connectivity index (χ3n) is 5.97. The fraction of sp³-hybridized carbons (Fsp3) is 0.286. The van der Waals surface area contributed by atoms with Crippen LogP contribution in [0.2, 0.25) is 0 Å². The van der Waals surface area contributed by atoms with Crippen molar-refractivity contribution < 1.29 is 9.53 Å². The lowest BCUT2D eigenvalue weighted by Crippen LogP contribution is -2.26. The first kappa shape index (κ1) is 27.9. The van der Waals surface area contributed by atoms with Crippen molar-refractivity contribution in [2.45, 2.75) is 61.0 Å². The van der Waals surface area contributed by atoms with Crippen molar-refractivity contribution in [2.24, 2.45) is 5.92 Å². The van der Waals surface area contributed by atoms with E-state index in [-0.39, 0.29) is 17.5 Å². The number of rotatable bonds is 4. The zero-order valence-electron chi connectivity index (χ0n) is 23.6. The molecular formula is C35H40O2. The molecule has 0 aliphatic rings. The Morgan fingerprint density at radius 1 is 0.541 bits per heavy atom. The highest BCUT2D eigenvalue weighted by atomic mass is 16.6. The molecular weight excluding hydrogens is 452 g/mol. The molecule has 0 saturated heterocycles. The van der Waals surface area contributed by atoms with Gasteiger partial charge in [-0.15, -0.1) is 0 Å². The van der Waals surface area contributed by atoms with Crippen LogP contribution < -0.4 is 0 Å². The van der Waals surface area contributed by atoms with Crippen LogP contribution in [0.4, 0.5) is 0 Å². The molecule has 0 amide bonds. The Morgan fingerprint density at radius 3 is 1.00 bits per heavy atom. The summed E-state index contributed by atoms with van der Waals surface area (Å²) in [4.78, 5) is 10.9. The van der Waals surface area contributed by atoms with Crippen LogP contribution in [-0.2, 0) is 9.53 Å². The first-order valence-electron chi connectivity index (χ1n) is 13.0. The highest BCUT2D eigenvalue weighted by Crippen LogP contribution is 2.33. The summed E-state index contributed by atoms with van der Waals surface area (Å²) < 4.78 is 5.06. The molecule has 0 unspecified atom stereocenters. The minimum atomic E-state index is -0.346. The summed E-state index contributed by atoms with van der Waals surface area (Å²) >= 11 is 0. The first-order valence-corrected chi connectivity index (χ1v) is 13.0. The molecule has 0 aliphatic carbocycles. The predicted molar refractivity (Wildman–Crippen MR) is 158 cm³/mol. The number of benzene rings is 4. The second kappa shape index (κ2) is 12.1. The van der Waals surface area contributed by atoms with Gasteiger partial charge >= 0.3 is 5.97 Å². The molecule has 0 aliphatic heterocycles. The molecule has 0 heterocycles. The predicted octanol–water partition coefficient (Wildman–Crippen LogP) is 9.60. The summed E-state index contributed by atoms with van der Waals surface area (Å²) in [6, 6.07) is 33.2. The van der Waals surface area contributed by atoms with Crippen LogP contribution in [0.5, 0.6) is 0 Å². The molecule has 0 radical (unpaired) electrons. The molecule has 4 rings (SSSR count). The molecule has 0 spiro atoms. The van der Waals surface area contributed by atoms with Crippen LogP contribution in [0.1, 0.15) is 51.3 Å². The second-order valence-electron chi connectivity index (χ2n) is 11.1. The zero-order chi connectivity index (χ0) is 27.2. The summed E-state index contributed by atoms with van der Waals surface area (Å²) in [6.45, 7) is 15.6. The molecule has 2 nitrogen and oxygen atoms in total. The number of ether oxygens (including phenoxy) is 1. The van der Waals surface area contributed by atoms with E-state index in [2.05, 4.69) is 112 Å². The zero-order valence-corrected chi connectivity index (χ0v) is 23.6. The van der Waals surface area contributed by atoms with Crippen molar-refractivity contribution in [3.63, 3.8) is 0 Å². The van der Waals surface area contributed by atoms with Gasteiger partial charge in [-0.2, -0.15) is 0 Å². The minimum Gasteiger partial charge on any atom is -0.460 e. The molecule has 37 heavy (non-hydrogen) atoms. The van der Waals surface area contributed by atoms with Gasteiger partial charge in [-0.3, -0.25) is 4.79 Å². The molecule has 0 aromatic heterocycles. The van der Waals surface area contributed by atoms with Crippen molar-refractivity contribution in [3.05, 3.63) is 108 Å².